The molecule has 172 valence electrons. The lowest BCUT2D eigenvalue weighted by atomic mass is 10.0. The molecule has 1 aromatic heterocycles. The van der Waals surface area contributed by atoms with Gasteiger partial charge in [-0.25, -0.2) is 4.68 Å². The molecular formula is C27H25N3O4. The van der Waals surface area contributed by atoms with Crippen LogP contribution in [0.2, 0.25) is 0 Å². The maximum atomic E-state index is 13.3. The van der Waals surface area contributed by atoms with E-state index in [1.165, 1.54) is 11.1 Å². The molecule has 1 aliphatic heterocycles. The molecule has 2 heterocycles. The van der Waals surface area contributed by atoms with Crippen LogP contribution in [-0.2, 0) is 6.54 Å². The van der Waals surface area contributed by atoms with Crippen LogP contribution in [0.4, 0.5) is 0 Å². The molecule has 0 fully saturated rings. The largest absolute Gasteiger partial charge is 0.497 e. The van der Waals surface area contributed by atoms with Gasteiger partial charge in [0.25, 0.3) is 5.91 Å². The van der Waals surface area contributed by atoms with Crippen LogP contribution in [0.3, 0.4) is 0 Å². The zero-order chi connectivity index (χ0) is 23.7. The number of aromatic nitrogens is 2. The molecule has 1 amide bonds. The summed E-state index contributed by atoms with van der Waals surface area (Å²) in [6, 6.07) is 21.1. The van der Waals surface area contributed by atoms with Crippen LogP contribution in [-0.4, -0.2) is 29.6 Å². The van der Waals surface area contributed by atoms with E-state index in [1.807, 2.05) is 54.6 Å². The maximum absolute atomic E-state index is 13.3. The van der Waals surface area contributed by atoms with Crippen molar-refractivity contribution in [1.29, 1.82) is 0 Å². The molecule has 0 atom stereocenters. The Kier molecular flexibility index (Phi) is 5.67. The first-order valence-electron chi connectivity index (χ1n) is 11.0. The third-order valence-electron chi connectivity index (χ3n) is 5.95. The topological polar surface area (TPSA) is 74.6 Å². The minimum absolute atomic E-state index is 0.216. The number of nitrogens with zero attached hydrogens (tertiary/aromatic N) is 2. The van der Waals surface area contributed by atoms with Gasteiger partial charge in [0.2, 0.25) is 6.79 Å². The highest BCUT2D eigenvalue weighted by atomic mass is 16.7. The van der Waals surface area contributed by atoms with E-state index >= 15 is 0 Å². The molecule has 0 aliphatic carbocycles. The van der Waals surface area contributed by atoms with Gasteiger partial charge in [0.05, 0.1) is 18.5 Å². The van der Waals surface area contributed by atoms with Crippen molar-refractivity contribution in [2.24, 2.45) is 0 Å². The number of methoxy groups -OCH3 is 1. The lowest BCUT2D eigenvalue weighted by Gasteiger charge is -2.09. The van der Waals surface area contributed by atoms with Gasteiger partial charge in [0.1, 0.15) is 11.4 Å². The van der Waals surface area contributed by atoms with Gasteiger partial charge in [0, 0.05) is 12.1 Å². The van der Waals surface area contributed by atoms with E-state index in [2.05, 4.69) is 31.3 Å². The molecule has 4 aromatic rings. The van der Waals surface area contributed by atoms with Crippen molar-refractivity contribution in [2.75, 3.05) is 13.9 Å². The summed E-state index contributed by atoms with van der Waals surface area (Å²) in [5.74, 6) is 1.91. The standard InChI is InChI=1S/C27H25N3O4/c1-17-4-6-20(12-18(17)2)23-14-24(30(29-23)21-7-9-22(32-3)10-8-21)27(31)28-15-19-5-11-25-26(13-19)34-16-33-25/h4-14H,15-16H2,1-3H3,(H,28,31). The Bertz CT molecular complexity index is 1360. The Morgan fingerprint density at radius 2 is 1.76 bits per heavy atom. The SMILES string of the molecule is COc1ccc(-n2nc(-c3ccc(C)c(C)c3)cc2C(=O)NCc2ccc3c(c2)OCO3)cc1. The number of rotatable bonds is 6. The fourth-order valence-corrected chi connectivity index (χ4v) is 3.83. The van der Waals surface area contributed by atoms with E-state index in [9.17, 15) is 4.79 Å². The van der Waals surface area contributed by atoms with Crippen LogP contribution in [0.25, 0.3) is 16.9 Å². The van der Waals surface area contributed by atoms with E-state index in [1.54, 1.807) is 11.8 Å². The minimum atomic E-state index is -0.226. The number of ether oxygens (including phenoxy) is 3. The molecule has 3 aromatic carbocycles. The van der Waals surface area contributed by atoms with E-state index in [-0.39, 0.29) is 12.7 Å². The number of benzene rings is 3. The third-order valence-corrected chi connectivity index (χ3v) is 5.95. The lowest BCUT2D eigenvalue weighted by molar-refractivity contribution is 0.0943. The molecule has 5 rings (SSSR count). The van der Waals surface area contributed by atoms with Gasteiger partial charge in [-0.1, -0.05) is 18.2 Å². The maximum Gasteiger partial charge on any atom is 0.270 e. The van der Waals surface area contributed by atoms with Crippen LogP contribution < -0.4 is 19.5 Å². The van der Waals surface area contributed by atoms with Crippen LogP contribution in [0.15, 0.2) is 66.7 Å². The first kappa shape index (κ1) is 21.6. The van der Waals surface area contributed by atoms with E-state index in [4.69, 9.17) is 19.3 Å². The first-order chi connectivity index (χ1) is 16.5. The third kappa shape index (κ3) is 4.20. The van der Waals surface area contributed by atoms with Crippen molar-refractivity contribution in [3.8, 4) is 34.2 Å². The number of hydrogen-bond donors (Lipinski definition) is 1. The minimum Gasteiger partial charge on any atom is -0.497 e. The number of hydrogen-bond acceptors (Lipinski definition) is 5. The molecular weight excluding hydrogens is 430 g/mol. The Morgan fingerprint density at radius 3 is 2.53 bits per heavy atom. The van der Waals surface area contributed by atoms with Gasteiger partial charge in [-0.3, -0.25) is 4.79 Å². The summed E-state index contributed by atoms with van der Waals surface area (Å²) in [6.45, 7) is 4.71. The first-order valence-corrected chi connectivity index (χ1v) is 11.0. The Labute approximate surface area is 197 Å². The summed E-state index contributed by atoms with van der Waals surface area (Å²) in [5, 5.41) is 7.78. The molecule has 34 heavy (non-hydrogen) atoms. The number of aryl methyl sites for hydroxylation is 2. The van der Waals surface area contributed by atoms with Gasteiger partial charge >= 0.3 is 0 Å². The van der Waals surface area contributed by atoms with Crippen molar-refractivity contribution in [2.45, 2.75) is 20.4 Å². The van der Waals surface area contributed by atoms with Gasteiger partial charge < -0.3 is 19.5 Å². The van der Waals surface area contributed by atoms with Crippen molar-refractivity contribution in [3.63, 3.8) is 0 Å². The van der Waals surface area contributed by atoms with E-state index < -0.39 is 0 Å². The number of carbonyl (C=O) groups excluding carboxylic acids is 1. The molecule has 0 unspecified atom stereocenters. The fourth-order valence-electron chi connectivity index (χ4n) is 3.83. The highest BCUT2D eigenvalue weighted by Crippen LogP contribution is 2.32. The van der Waals surface area contributed by atoms with Gasteiger partial charge in [-0.2, -0.15) is 5.10 Å². The fraction of sp³-hybridized carbons (Fsp3) is 0.185. The van der Waals surface area contributed by atoms with Gasteiger partial charge in [0.15, 0.2) is 11.5 Å². The molecule has 0 saturated carbocycles. The molecule has 0 radical (unpaired) electrons. The van der Waals surface area contributed by atoms with Crippen molar-refractivity contribution in [1.82, 2.24) is 15.1 Å². The molecule has 7 heteroatoms. The summed E-state index contributed by atoms with van der Waals surface area (Å²) < 4.78 is 17.7. The normalized spacial score (nSPS) is 12.0. The van der Waals surface area contributed by atoms with Gasteiger partial charge in [-0.05, 0) is 79.1 Å². The second kappa shape index (κ2) is 8.94. The van der Waals surface area contributed by atoms with E-state index in [0.717, 1.165) is 28.3 Å². The van der Waals surface area contributed by atoms with Crippen LogP contribution in [0.1, 0.15) is 27.2 Å². The van der Waals surface area contributed by atoms with Crippen LogP contribution in [0.5, 0.6) is 17.2 Å². The summed E-state index contributed by atoms with van der Waals surface area (Å²) in [6.07, 6.45) is 0. The Balaban J connectivity index is 1.46. The number of fused-ring (bicyclic) bond motifs is 1. The average molecular weight is 456 g/mol. The van der Waals surface area contributed by atoms with Gasteiger partial charge in [-0.15, -0.1) is 0 Å². The lowest BCUT2D eigenvalue weighted by Crippen LogP contribution is -2.25. The predicted octanol–water partition coefficient (Wildman–Crippen LogP) is 4.82. The molecule has 1 N–H and O–H groups in total. The van der Waals surface area contributed by atoms with Crippen LogP contribution >= 0.6 is 0 Å². The molecule has 1 aliphatic rings. The Morgan fingerprint density at radius 1 is 0.971 bits per heavy atom. The molecule has 0 saturated heterocycles. The van der Waals surface area contributed by atoms with Crippen LogP contribution in [0, 0.1) is 13.8 Å². The summed E-state index contributed by atoms with van der Waals surface area (Å²) in [7, 11) is 1.62. The zero-order valence-corrected chi connectivity index (χ0v) is 19.3. The number of nitrogens with one attached hydrogen (secondary N) is 1. The second-order valence-corrected chi connectivity index (χ2v) is 8.19. The smallest absolute Gasteiger partial charge is 0.270 e. The van der Waals surface area contributed by atoms with Crippen molar-refractivity contribution in [3.05, 3.63) is 89.1 Å². The van der Waals surface area contributed by atoms with Crippen molar-refractivity contribution >= 4 is 5.91 Å². The van der Waals surface area contributed by atoms with E-state index in [0.29, 0.717) is 23.7 Å². The zero-order valence-electron chi connectivity index (χ0n) is 19.3. The number of carbonyl (C=O) groups is 1. The monoisotopic (exact) mass is 455 g/mol. The predicted molar refractivity (Wildman–Crippen MR) is 129 cm³/mol. The Hall–Kier alpha value is -4.26. The highest BCUT2D eigenvalue weighted by Gasteiger charge is 2.19. The molecule has 0 spiro atoms. The molecule has 7 nitrogen and oxygen atoms in total. The molecule has 0 bridgehead atoms. The number of amides is 1. The highest BCUT2D eigenvalue weighted by molar-refractivity contribution is 5.94. The summed E-state index contributed by atoms with van der Waals surface area (Å²) in [5.41, 5.74) is 6.20. The average Bonchev–Trinajstić information content (AvgIpc) is 3.51. The summed E-state index contributed by atoms with van der Waals surface area (Å²) in [4.78, 5) is 13.3. The van der Waals surface area contributed by atoms with Crippen molar-refractivity contribution < 1.29 is 19.0 Å². The summed E-state index contributed by atoms with van der Waals surface area (Å²) >= 11 is 0. The quantitative estimate of drug-likeness (QED) is 0.451. The second-order valence-electron chi connectivity index (χ2n) is 8.19.